The molecule has 7 heteroatoms. The van der Waals surface area contributed by atoms with Crippen LogP contribution in [0.15, 0.2) is 47.5 Å². The summed E-state index contributed by atoms with van der Waals surface area (Å²) in [5.41, 5.74) is 2.11. The number of rotatable bonds is 2. The SMILES string of the molecule is CC(=O)N1C/C(=C/c2cccc(Cl)c2Cl)C(=O)/C(=C/c2cccc(Cl)c2Cl)C1. The fraction of sp³-hybridized carbons (Fsp3) is 0.143. The van der Waals surface area contributed by atoms with E-state index in [1.165, 1.54) is 6.92 Å². The number of piperidine rings is 1. The lowest BCUT2D eigenvalue weighted by Crippen LogP contribution is -2.40. The lowest BCUT2D eigenvalue weighted by atomic mass is 9.94. The van der Waals surface area contributed by atoms with E-state index in [4.69, 9.17) is 46.4 Å². The van der Waals surface area contributed by atoms with Crippen molar-refractivity contribution in [3.05, 3.63) is 78.8 Å². The zero-order valence-corrected chi connectivity index (χ0v) is 17.8. The first kappa shape index (κ1) is 20.9. The number of Topliss-reactive ketones (excluding diaryl/α,β-unsaturated/α-hetero) is 1. The van der Waals surface area contributed by atoms with Crippen LogP contribution < -0.4 is 0 Å². The molecule has 0 N–H and O–H groups in total. The highest BCUT2D eigenvalue weighted by molar-refractivity contribution is 6.43. The minimum Gasteiger partial charge on any atom is -0.334 e. The number of likely N-dealkylation sites (tertiary alicyclic amines) is 1. The van der Waals surface area contributed by atoms with Gasteiger partial charge in [-0.05, 0) is 35.4 Å². The first-order chi connectivity index (χ1) is 13.3. The molecule has 3 nitrogen and oxygen atoms in total. The number of carbonyl (C=O) groups excluding carboxylic acids is 2. The van der Waals surface area contributed by atoms with Gasteiger partial charge in [-0.2, -0.15) is 0 Å². The Kier molecular flexibility index (Phi) is 6.51. The Morgan fingerprint density at radius 3 is 1.68 bits per heavy atom. The van der Waals surface area contributed by atoms with Gasteiger partial charge in [-0.3, -0.25) is 9.59 Å². The maximum atomic E-state index is 13.1. The van der Waals surface area contributed by atoms with Crippen LogP contribution in [0.4, 0.5) is 0 Å². The van der Waals surface area contributed by atoms with E-state index < -0.39 is 0 Å². The molecule has 1 fully saturated rings. The van der Waals surface area contributed by atoms with Crippen LogP contribution in [0.3, 0.4) is 0 Å². The van der Waals surface area contributed by atoms with Gasteiger partial charge in [-0.25, -0.2) is 0 Å². The van der Waals surface area contributed by atoms with Gasteiger partial charge in [-0.15, -0.1) is 0 Å². The Bertz CT molecular complexity index is 954. The van der Waals surface area contributed by atoms with Crippen LogP contribution >= 0.6 is 46.4 Å². The van der Waals surface area contributed by atoms with Crippen molar-refractivity contribution in [1.29, 1.82) is 0 Å². The van der Waals surface area contributed by atoms with Crippen LogP contribution in [0.2, 0.25) is 20.1 Å². The zero-order valence-electron chi connectivity index (χ0n) is 14.8. The zero-order chi connectivity index (χ0) is 20.4. The third-order valence-electron chi connectivity index (χ3n) is 4.37. The summed E-state index contributed by atoms with van der Waals surface area (Å²) in [6, 6.07) is 10.4. The van der Waals surface area contributed by atoms with Gasteiger partial charge in [-0.1, -0.05) is 70.7 Å². The van der Waals surface area contributed by atoms with Crippen LogP contribution in [-0.2, 0) is 9.59 Å². The van der Waals surface area contributed by atoms with Crippen molar-refractivity contribution in [3.63, 3.8) is 0 Å². The predicted molar refractivity (Wildman–Crippen MR) is 116 cm³/mol. The lowest BCUT2D eigenvalue weighted by molar-refractivity contribution is -0.129. The fourth-order valence-corrected chi connectivity index (χ4v) is 3.63. The quantitative estimate of drug-likeness (QED) is 0.506. The minimum atomic E-state index is -0.176. The maximum Gasteiger partial charge on any atom is 0.220 e. The van der Waals surface area contributed by atoms with Crippen LogP contribution in [0.5, 0.6) is 0 Å². The molecule has 0 bridgehead atoms. The molecule has 1 heterocycles. The van der Waals surface area contributed by atoms with E-state index in [0.29, 0.717) is 42.4 Å². The molecule has 1 aliphatic rings. The Morgan fingerprint density at radius 1 is 0.857 bits per heavy atom. The molecular formula is C21H15Cl4NO2. The molecule has 2 aromatic rings. The normalized spacial score (nSPS) is 17.5. The molecule has 28 heavy (non-hydrogen) atoms. The second-order valence-electron chi connectivity index (χ2n) is 6.33. The summed E-state index contributed by atoms with van der Waals surface area (Å²) in [5.74, 6) is -0.316. The van der Waals surface area contributed by atoms with Crippen LogP contribution in [0.1, 0.15) is 18.1 Å². The van der Waals surface area contributed by atoms with Gasteiger partial charge in [0.05, 0.1) is 20.1 Å². The number of halogens is 4. The summed E-state index contributed by atoms with van der Waals surface area (Å²) in [6.07, 6.45) is 3.33. The fourth-order valence-electron chi connectivity index (χ4n) is 2.90. The molecule has 0 unspecified atom stereocenters. The number of nitrogens with zero attached hydrogens (tertiary/aromatic N) is 1. The van der Waals surface area contributed by atoms with Gasteiger partial charge in [0.2, 0.25) is 5.91 Å². The van der Waals surface area contributed by atoms with E-state index in [1.807, 2.05) is 0 Å². The highest BCUT2D eigenvalue weighted by Gasteiger charge is 2.28. The minimum absolute atomic E-state index is 0.140. The van der Waals surface area contributed by atoms with Crippen LogP contribution in [-0.4, -0.2) is 29.7 Å². The lowest BCUT2D eigenvalue weighted by Gasteiger charge is -2.29. The average Bonchev–Trinajstić information content (AvgIpc) is 2.65. The number of amides is 1. The van der Waals surface area contributed by atoms with Crippen molar-refractivity contribution in [1.82, 2.24) is 4.90 Å². The van der Waals surface area contributed by atoms with Gasteiger partial charge in [0, 0.05) is 31.2 Å². The van der Waals surface area contributed by atoms with E-state index in [-0.39, 0.29) is 24.8 Å². The smallest absolute Gasteiger partial charge is 0.220 e. The summed E-state index contributed by atoms with van der Waals surface area (Å²) >= 11 is 24.6. The average molecular weight is 455 g/mol. The van der Waals surface area contributed by atoms with E-state index in [9.17, 15) is 9.59 Å². The van der Waals surface area contributed by atoms with Gasteiger partial charge >= 0.3 is 0 Å². The molecule has 1 saturated heterocycles. The Hall–Kier alpha value is -1.78. The third-order valence-corrected chi connectivity index (χ3v) is 6.04. The van der Waals surface area contributed by atoms with Gasteiger partial charge in [0.25, 0.3) is 0 Å². The van der Waals surface area contributed by atoms with Crippen molar-refractivity contribution < 1.29 is 9.59 Å². The molecular weight excluding hydrogens is 440 g/mol. The molecule has 0 aliphatic carbocycles. The molecule has 144 valence electrons. The topological polar surface area (TPSA) is 37.4 Å². The number of hydrogen-bond acceptors (Lipinski definition) is 2. The predicted octanol–water partition coefficient (Wildman–Crippen LogP) is 6.20. The number of carbonyl (C=O) groups is 2. The third kappa shape index (κ3) is 4.44. The molecule has 0 spiro atoms. The van der Waals surface area contributed by atoms with E-state index in [1.54, 1.807) is 53.5 Å². The number of hydrogen-bond donors (Lipinski definition) is 0. The summed E-state index contributed by atoms with van der Waals surface area (Å²) in [6.45, 7) is 1.85. The Labute approximate surface area is 183 Å². The van der Waals surface area contributed by atoms with E-state index in [2.05, 4.69) is 0 Å². The van der Waals surface area contributed by atoms with Crippen molar-refractivity contribution in [2.45, 2.75) is 6.92 Å². The monoisotopic (exact) mass is 453 g/mol. The molecule has 0 radical (unpaired) electrons. The first-order valence-electron chi connectivity index (χ1n) is 8.37. The van der Waals surface area contributed by atoms with Crippen LogP contribution in [0.25, 0.3) is 12.2 Å². The van der Waals surface area contributed by atoms with Gasteiger partial charge < -0.3 is 4.90 Å². The number of benzene rings is 2. The molecule has 2 aromatic carbocycles. The number of ketones is 1. The first-order valence-corrected chi connectivity index (χ1v) is 9.88. The molecule has 0 aromatic heterocycles. The molecule has 3 rings (SSSR count). The van der Waals surface area contributed by atoms with Gasteiger partial charge in [0.1, 0.15) is 0 Å². The van der Waals surface area contributed by atoms with E-state index in [0.717, 1.165) is 0 Å². The largest absolute Gasteiger partial charge is 0.334 e. The highest BCUT2D eigenvalue weighted by atomic mass is 35.5. The van der Waals surface area contributed by atoms with Crippen molar-refractivity contribution in [3.8, 4) is 0 Å². The second kappa shape index (κ2) is 8.71. The van der Waals surface area contributed by atoms with Crippen molar-refractivity contribution >= 4 is 70.2 Å². The summed E-state index contributed by atoms with van der Waals surface area (Å²) in [7, 11) is 0. The summed E-state index contributed by atoms with van der Waals surface area (Å²) < 4.78 is 0. The summed E-state index contributed by atoms with van der Waals surface area (Å²) in [4.78, 5) is 26.7. The van der Waals surface area contributed by atoms with Gasteiger partial charge in [0.15, 0.2) is 5.78 Å². The Balaban J connectivity index is 2.07. The maximum absolute atomic E-state index is 13.1. The molecule has 0 saturated carbocycles. The van der Waals surface area contributed by atoms with Crippen LogP contribution in [0, 0.1) is 0 Å². The molecule has 1 aliphatic heterocycles. The highest BCUT2D eigenvalue weighted by Crippen LogP contribution is 2.31. The van der Waals surface area contributed by atoms with E-state index >= 15 is 0 Å². The van der Waals surface area contributed by atoms with Crippen molar-refractivity contribution in [2.24, 2.45) is 0 Å². The Morgan fingerprint density at radius 2 is 1.29 bits per heavy atom. The molecule has 0 atom stereocenters. The standard InChI is InChI=1S/C21H15Cl4NO2/c1-12(27)26-10-15(8-13-4-2-6-17(22)19(13)24)21(28)16(11-26)9-14-5-3-7-18(23)20(14)25/h2-9H,10-11H2,1H3/b15-8-,16-9+. The molecule has 1 amide bonds. The summed E-state index contributed by atoms with van der Waals surface area (Å²) in [5, 5.41) is 1.49. The second-order valence-corrected chi connectivity index (χ2v) is 7.90. The van der Waals surface area contributed by atoms with Crippen molar-refractivity contribution in [2.75, 3.05) is 13.1 Å².